The zero-order valence-corrected chi connectivity index (χ0v) is 14.0. The Bertz CT molecular complexity index is 737. The van der Waals surface area contributed by atoms with E-state index in [0.717, 1.165) is 24.1 Å². The van der Waals surface area contributed by atoms with Crippen LogP contribution in [0.5, 0.6) is 0 Å². The van der Waals surface area contributed by atoms with Crippen LogP contribution >= 0.6 is 0 Å². The van der Waals surface area contributed by atoms with Crippen LogP contribution in [0.3, 0.4) is 0 Å². The number of aliphatic hydroxyl groups is 2. The lowest BCUT2D eigenvalue weighted by Crippen LogP contribution is -2.71. The van der Waals surface area contributed by atoms with Gasteiger partial charge in [-0.2, -0.15) is 0 Å². The normalized spacial score (nSPS) is 43.5. The maximum absolute atomic E-state index is 13.3. The minimum Gasteiger partial charge on any atom is -0.389 e. The Balaban J connectivity index is 1.76. The summed E-state index contributed by atoms with van der Waals surface area (Å²) in [6.45, 7) is 3.22. The Hall–Kier alpha value is -1.43. The molecule has 5 aliphatic heterocycles. The first-order chi connectivity index (χ1) is 11.5. The van der Waals surface area contributed by atoms with Crippen LogP contribution in [0, 0.1) is 5.92 Å². The van der Waals surface area contributed by atoms with Crippen LogP contribution < -0.4 is 4.90 Å². The summed E-state index contributed by atoms with van der Waals surface area (Å²) in [6, 6.07) is 7.80. The van der Waals surface area contributed by atoms with E-state index in [-0.39, 0.29) is 11.8 Å². The van der Waals surface area contributed by atoms with Crippen molar-refractivity contribution in [2.45, 2.75) is 55.9 Å². The maximum Gasteiger partial charge on any atom is 0.231 e. The molecule has 4 atom stereocenters. The van der Waals surface area contributed by atoms with Gasteiger partial charge in [0.1, 0.15) is 11.3 Å². The van der Waals surface area contributed by atoms with Gasteiger partial charge in [-0.3, -0.25) is 14.6 Å². The number of carbonyl (C=O) groups is 1. The molecular formula is C19H24N2O3. The molecule has 24 heavy (non-hydrogen) atoms. The molecule has 128 valence electrons. The highest BCUT2D eigenvalue weighted by molar-refractivity contribution is 6.00. The number of para-hydroxylation sites is 1. The van der Waals surface area contributed by atoms with Gasteiger partial charge in [0.25, 0.3) is 0 Å². The van der Waals surface area contributed by atoms with Crippen molar-refractivity contribution in [1.82, 2.24) is 4.90 Å². The van der Waals surface area contributed by atoms with Crippen LogP contribution in [0.4, 0.5) is 5.69 Å². The Kier molecular flexibility index (Phi) is 2.72. The van der Waals surface area contributed by atoms with Gasteiger partial charge < -0.3 is 10.2 Å². The van der Waals surface area contributed by atoms with Crippen molar-refractivity contribution in [2.75, 3.05) is 18.0 Å². The minimum atomic E-state index is -1.03. The highest BCUT2D eigenvalue weighted by atomic mass is 16.3. The topological polar surface area (TPSA) is 64.0 Å². The average molecular weight is 328 g/mol. The van der Waals surface area contributed by atoms with Crippen LogP contribution in [0.2, 0.25) is 0 Å². The molecule has 2 N–H and O–H groups in total. The second kappa shape index (κ2) is 4.40. The number of amides is 1. The molecule has 0 saturated carbocycles. The van der Waals surface area contributed by atoms with Crippen molar-refractivity contribution in [2.24, 2.45) is 5.92 Å². The van der Waals surface area contributed by atoms with Crippen LogP contribution in [-0.2, 0) is 10.4 Å². The molecule has 1 aromatic rings. The Morgan fingerprint density at radius 1 is 1.25 bits per heavy atom. The number of piperidine rings is 1. The van der Waals surface area contributed by atoms with Crippen LogP contribution in [0.15, 0.2) is 24.3 Å². The van der Waals surface area contributed by atoms with E-state index in [0.29, 0.717) is 32.4 Å². The molecule has 5 heteroatoms. The molecule has 6 rings (SSSR count). The first kappa shape index (κ1) is 14.9. The maximum atomic E-state index is 13.3. The largest absolute Gasteiger partial charge is 0.389 e. The van der Waals surface area contributed by atoms with E-state index in [1.807, 2.05) is 36.1 Å². The quantitative estimate of drug-likeness (QED) is 0.821. The first-order valence-electron chi connectivity index (χ1n) is 9.09. The number of benzene rings is 1. The van der Waals surface area contributed by atoms with Gasteiger partial charge in [-0.15, -0.1) is 0 Å². The molecular weight excluding hydrogens is 304 g/mol. The number of hydrogen-bond acceptors (Lipinski definition) is 4. The van der Waals surface area contributed by atoms with Crippen molar-refractivity contribution in [1.29, 1.82) is 0 Å². The molecule has 1 spiro atoms. The summed E-state index contributed by atoms with van der Waals surface area (Å²) in [6.07, 6.45) is 3.28. The van der Waals surface area contributed by atoms with E-state index in [9.17, 15) is 15.0 Å². The third kappa shape index (κ3) is 1.46. The number of carbonyl (C=O) groups excluding carboxylic acids is 1. The Labute approximate surface area is 141 Å². The zero-order chi connectivity index (χ0) is 16.7. The lowest BCUT2D eigenvalue weighted by atomic mass is 9.72. The van der Waals surface area contributed by atoms with E-state index in [2.05, 4.69) is 4.90 Å². The molecule has 1 aromatic carbocycles. The van der Waals surface area contributed by atoms with Gasteiger partial charge in [-0.25, -0.2) is 0 Å². The SMILES string of the molecule is CC[C@]1(O)CC2CC[C@@]34N(CC[C@]3(O)c3ccccc3N4C2=O)C1. The molecule has 2 bridgehead atoms. The van der Waals surface area contributed by atoms with Gasteiger partial charge in [0.05, 0.1) is 11.3 Å². The van der Waals surface area contributed by atoms with E-state index < -0.39 is 16.9 Å². The number of hydrogen-bond donors (Lipinski definition) is 2. The van der Waals surface area contributed by atoms with Crippen LogP contribution in [0.1, 0.15) is 44.6 Å². The molecule has 4 fully saturated rings. The molecule has 0 radical (unpaired) electrons. The fraction of sp³-hybridized carbons (Fsp3) is 0.632. The van der Waals surface area contributed by atoms with Gasteiger partial charge in [0, 0.05) is 24.6 Å². The summed E-state index contributed by atoms with van der Waals surface area (Å²) in [5.41, 5.74) is -0.853. The predicted molar refractivity (Wildman–Crippen MR) is 89.3 cm³/mol. The average Bonchev–Trinajstić information content (AvgIpc) is 2.95. The number of nitrogens with zero attached hydrogens (tertiary/aromatic N) is 2. The third-order valence-electron chi connectivity index (χ3n) is 7.07. The number of anilines is 1. The summed E-state index contributed by atoms with van der Waals surface area (Å²) in [4.78, 5) is 17.4. The monoisotopic (exact) mass is 328 g/mol. The molecule has 4 saturated heterocycles. The van der Waals surface area contributed by atoms with E-state index in [1.165, 1.54) is 0 Å². The van der Waals surface area contributed by atoms with E-state index >= 15 is 0 Å². The van der Waals surface area contributed by atoms with Crippen molar-refractivity contribution >= 4 is 11.6 Å². The molecule has 1 amide bonds. The summed E-state index contributed by atoms with van der Waals surface area (Å²) >= 11 is 0. The fourth-order valence-electron chi connectivity index (χ4n) is 5.83. The molecule has 5 nitrogen and oxygen atoms in total. The van der Waals surface area contributed by atoms with Crippen molar-refractivity contribution in [3.05, 3.63) is 29.8 Å². The number of rotatable bonds is 1. The minimum absolute atomic E-state index is 0.0723. The van der Waals surface area contributed by atoms with Gasteiger partial charge in [0.2, 0.25) is 5.91 Å². The highest BCUT2D eigenvalue weighted by Gasteiger charge is 2.72. The summed E-state index contributed by atoms with van der Waals surface area (Å²) in [5.74, 6) is -0.0816. The van der Waals surface area contributed by atoms with Crippen molar-refractivity contribution in [3.63, 3.8) is 0 Å². The molecule has 1 unspecified atom stereocenters. The lowest BCUT2D eigenvalue weighted by Gasteiger charge is -2.56. The Morgan fingerprint density at radius 3 is 2.83 bits per heavy atom. The summed E-state index contributed by atoms with van der Waals surface area (Å²) in [7, 11) is 0. The second-order valence-electron chi connectivity index (χ2n) is 8.06. The van der Waals surface area contributed by atoms with Crippen molar-refractivity contribution in [3.8, 4) is 0 Å². The van der Waals surface area contributed by atoms with Gasteiger partial charge >= 0.3 is 0 Å². The van der Waals surface area contributed by atoms with Crippen molar-refractivity contribution < 1.29 is 15.0 Å². The second-order valence-corrected chi connectivity index (χ2v) is 8.06. The lowest BCUT2D eigenvalue weighted by molar-refractivity contribution is -0.153. The van der Waals surface area contributed by atoms with Gasteiger partial charge in [0.15, 0.2) is 0 Å². The number of fused-ring (bicyclic) bond motifs is 5. The van der Waals surface area contributed by atoms with Gasteiger partial charge in [-0.1, -0.05) is 25.1 Å². The summed E-state index contributed by atoms with van der Waals surface area (Å²) < 4.78 is 0. The first-order valence-corrected chi connectivity index (χ1v) is 9.09. The molecule has 5 heterocycles. The van der Waals surface area contributed by atoms with Crippen LogP contribution in [0.25, 0.3) is 0 Å². The van der Waals surface area contributed by atoms with Gasteiger partial charge in [-0.05, 0) is 38.2 Å². The fourth-order valence-corrected chi connectivity index (χ4v) is 5.83. The molecule has 5 aliphatic rings. The molecule has 0 aliphatic carbocycles. The van der Waals surface area contributed by atoms with E-state index in [1.54, 1.807) is 0 Å². The third-order valence-corrected chi connectivity index (χ3v) is 7.07. The zero-order valence-electron chi connectivity index (χ0n) is 14.0. The Morgan fingerprint density at radius 2 is 2.04 bits per heavy atom. The molecule has 0 aromatic heterocycles. The summed E-state index contributed by atoms with van der Waals surface area (Å²) in [5, 5.41) is 22.8. The smallest absolute Gasteiger partial charge is 0.231 e. The standard InChI is InChI=1S/C19H24N2O3/c1-2-17(23)11-13-7-8-19-18(24,9-10-20(19)12-17)14-5-3-4-6-15(14)21(19)16(13)22/h3-6,13,23-24H,2,7-12H2,1H3/t13?,17-,18-,19-/m0/s1. The van der Waals surface area contributed by atoms with E-state index in [4.69, 9.17) is 0 Å². The van der Waals surface area contributed by atoms with Crippen LogP contribution in [-0.4, -0.2) is 45.4 Å². The predicted octanol–water partition coefficient (Wildman–Crippen LogP) is 1.58. The highest BCUT2D eigenvalue weighted by Crippen LogP contribution is 2.62.